The predicted molar refractivity (Wildman–Crippen MR) is 218 cm³/mol. The van der Waals surface area contributed by atoms with Crippen LogP contribution in [0.2, 0.25) is 0 Å². The molecule has 0 aromatic heterocycles. The topological polar surface area (TPSA) is 77.5 Å². The van der Waals surface area contributed by atoms with Crippen LogP contribution in [0.5, 0.6) is 17.2 Å². The average molecular weight is 747 g/mol. The molecule has 8 nitrogen and oxygen atoms in total. The first-order valence-corrected chi connectivity index (χ1v) is 21.3. The Morgan fingerprint density at radius 2 is 1.59 bits per heavy atom. The van der Waals surface area contributed by atoms with E-state index in [0.717, 1.165) is 93.2 Å². The number of methoxy groups -OCH3 is 2. The number of esters is 1. The van der Waals surface area contributed by atoms with E-state index in [9.17, 15) is 9.59 Å². The number of hydrogen-bond acceptors (Lipinski definition) is 7. The van der Waals surface area contributed by atoms with Crippen LogP contribution in [0.15, 0.2) is 30.3 Å². The van der Waals surface area contributed by atoms with Crippen molar-refractivity contribution >= 4 is 17.6 Å². The minimum atomic E-state index is -0.158. The van der Waals surface area contributed by atoms with Crippen molar-refractivity contribution in [3.8, 4) is 17.2 Å². The SMILES string of the molecule is CCCCCCCCCCCCN(CC(C)(C)C)C(=O)c1ccc(OC)cc1N1CCC(COc2cc(C(CC(=O)OC)C3CC3)cc3c2OCC3)CC1. The molecule has 300 valence electrons. The van der Waals surface area contributed by atoms with Crippen LogP contribution in [-0.2, 0) is 16.0 Å². The van der Waals surface area contributed by atoms with E-state index in [2.05, 4.69) is 55.7 Å². The molecule has 2 fully saturated rings. The number of piperidine rings is 1. The quantitative estimate of drug-likeness (QED) is 0.0877. The Bertz CT molecular complexity index is 1490. The van der Waals surface area contributed by atoms with Crippen LogP contribution in [0, 0.1) is 17.3 Å². The summed E-state index contributed by atoms with van der Waals surface area (Å²) >= 11 is 0. The molecule has 1 atom stereocenters. The number of hydrogen-bond donors (Lipinski definition) is 0. The third kappa shape index (κ3) is 12.3. The molecule has 2 aliphatic heterocycles. The Morgan fingerprint density at radius 3 is 2.22 bits per heavy atom. The summed E-state index contributed by atoms with van der Waals surface area (Å²) < 4.78 is 23.3. The number of carbonyl (C=O) groups is 2. The van der Waals surface area contributed by atoms with Gasteiger partial charge in [0.1, 0.15) is 5.75 Å². The van der Waals surface area contributed by atoms with Gasteiger partial charge in [-0.2, -0.15) is 0 Å². The predicted octanol–water partition coefficient (Wildman–Crippen LogP) is 10.4. The molecule has 1 saturated heterocycles. The molecule has 1 unspecified atom stereocenters. The van der Waals surface area contributed by atoms with Crippen LogP contribution >= 0.6 is 0 Å². The van der Waals surface area contributed by atoms with Gasteiger partial charge in [-0.25, -0.2) is 0 Å². The number of unbranched alkanes of at least 4 members (excludes halogenated alkanes) is 9. The van der Waals surface area contributed by atoms with Gasteiger partial charge in [0.05, 0.1) is 45.1 Å². The summed E-state index contributed by atoms with van der Waals surface area (Å²) in [6.07, 6.45) is 18.3. The highest BCUT2D eigenvalue weighted by atomic mass is 16.5. The van der Waals surface area contributed by atoms with Gasteiger partial charge in [0, 0.05) is 44.2 Å². The fourth-order valence-corrected chi connectivity index (χ4v) is 8.35. The molecule has 1 amide bonds. The highest BCUT2D eigenvalue weighted by Crippen LogP contribution is 2.48. The number of benzene rings is 2. The number of anilines is 1. The maximum Gasteiger partial charge on any atom is 0.306 e. The molecule has 0 radical (unpaired) electrons. The van der Waals surface area contributed by atoms with E-state index in [1.54, 1.807) is 7.11 Å². The Hall–Kier alpha value is -3.42. The maximum atomic E-state index is 14.4. The van der Waals surface area contributed by atoms with Gasteiger partial charge in [0.2, 0.25) is 0 Å². The third-order valence-electron chi connectivity index (χ3n) is 11.6. The van der Waals surface area contributed by atoms with Gasteiger partial charge < -0.3 is 28.7 Å². The first-order valence-electron chi connectivity index (χ1n) is 21.3. The molecule has 0 bridgehead atoms. The molecule has 54 heavy (non-hydrogen) atoms. The molecule has 1 aliphatic carbocycles. The molecular formula is C46H70N2O6. The molecule has 1 saturated carbocycles. The van der Waals surface area contributed by atoms with Gasteiger partial charge in [-0.15, -0.1) is 0 Å². The van der Waals surface area contributed by atoms with Crippen molar-refractivity contribution in [1.29, 1.82) is 0 Å². The summed E-state index contributed by atoms with van der Waals surface area (Å²) in [5.74, 6) is 3.47. The van der Waals surface area contributed by atoms with Gasteiger partial charge in [-0.1, -0.05) is 91.5 Å². The second-order valence-corrected chi connectivity index (χ2v) is 17.4. The molecule has 8 heteroatoms. The minimum absolute atomic E-state index is 0.00393. The van der Waals surface area contributed by atoms with Crippen molar-refractivity contribution in [1.82, 2.24) is 4.90 Å². The highest BCUT2D eigenvalue weighted by molar-refractivity contribution is 6.00. The maximum absolute atomic E-state index is 14.4. The van der Waals surface area contributed by atoms with Crippen LogP contribution in [0.4, 0.5) is 5.69 Å². The molecule has 0 N–H and O–H groups in total. The molecule has 5 rings (SSSR count). The monoisotopic (exact) mass is 747 g/mol. The van der Waals surface area contributed by atoms with Crippen molar-refractivity contribution < 1.29 is 28.5 Å². The molecule has 3 aliphatic rings. The summed E-state index contributed by atoms with van der Waals surface area (Å²) in [5.41, 5.74) is 4.08. The van der Waals surface area contributed by atoms with E-state index >= 15 is 0 Å². The molecular weight excluding hydrogens is 677 g/mol. The van der Waals surface area contributed by atoms with Gasteiger partial charge >= 0.3 is 5.97 Å². The first kappa shape index (κ1) is 41.7. The lowest BCUT2D eigenvalue weighted by Crippen LogP contribution is -2.40. The average Bonchev–Trinajstić information content (AvgIpc) is 3.90. The number of amides is 1. The summed E-state index contributed by atoms with van der Waals surface area (Å²) in [7, 11) is 3.16. The van der Waals surface area contributed by atoms with Crippen molar-refractivity contribution in [2.24, 2.45) is 17.3 Å². The van der Waals surface area contributed by atoms with E-state index in [4.69, 9.17) is 18.9 Å². The summed E-state index contributed by atoms with van der Waals surface area (Å²) in [4.78, 5) is 31.2. The fraction of sp³-hybridized carbons (Fsp3) is 0.696. The lowest BCUT2D eigenvalue weighted by molar-refractivity contribution is -0.141. The van der Waals surface area contributed by atoms with Crippen LogP contribution in [0.25, 0.3) is 0 Å². The summed E-state index contributed by atoms with van der Waals surface area (Å²) in [6.45, 7) is 13.4. The van der Waals surface area contributed by atoms with E-state index in [1.165, 1.54) is 76.0 Å². The van der Waals surface area contributed by atoms with E-state index in [1.807, 2.05) is 12.1 Å². The van der Waals surface area contributed by atoms with Crippen LogP contribution in [0.1, 0.15) is 151 Å². The largest absolute Gasteiger partial charge is 0.497 e. The van der Waals surface area contributed by atoms with E-state index < -0.39 is 0 Å². The van der Waals surface area contributed by atoms with Crippen LogP contribution in [-0.4, -0.2) is 70.4 Å². The molecule has 2 aromatic carbocycles. The zero-order chi connectivity index (χ0) is 38.5. The van der Waals surface area contributed by atoms with Crippen molar-refractivity contribution in [3.05, 3.63) is 47.0 Å². The Balaban J connectivity index is 1.19. The minimum Gasteiger partial charge on any atom is -0.497 e. The first-order chi connectivity index (χ1) is 26.1. The highest BCUT2D eigenvalue weighted by Gasteiger charge is 2.36. The van der Waals surface area contributed by atoms with Gasteiger partial charge in [-0.3, -0.25) is 9.59 Å². The number of nitrogens with zero attached hydrogens (tertiary/aromatic N) is 2. The van der Waals surface area contributed by atoms with Crippen molar-refractivity contribution in [2.75, 3.05) is 58.5 Å². The zero-order valence-electron chi connectivity index (χ0n) is 34.5. The molecule has 2 heterocycles. The van der Waals surface area contributed by atoms with E-state index in [-0.39, 0.29) is 23.2 Å². The third-order valence-corrected chi connectivity index (χ3v) is 11.6. The number of ether oxygens (including phenoxy) is 4. The number of carbonyl (C=O) groups excluding carboxylic acids is 2. The van der Waals surface area contributed by atoms with Gasteiger partial charge in [0.25, 0.3) is 5.91 Å². The Morgan fingerprint density at radius 1 is 0.907 bits per heavy atom. The fourth-order valence-electron chi connectivity index (χ4n) is 8.35. The normalized spacial score (nSPS) is 16.4. The Labute approximate surface area is 326 Å². The van der Waals surface area contributed by atoms with Gasteiger partial charge in [0.15, 0.2) is 11.5 Å². The Kier molecular flexibility index (Phi) is 15.8. The number of rotatable bonds is 22. The lowest BCUT2D eigenvalue weighted by atomic mass is 9.89. The van der Waals surface area contributed by atoms with Crippen LogP contribution in [0.3, 0.4) is 0 Å². The second-order valence-electron chi connectivity index (χ2n) is 17.4. The molecule has 2 aromatic rings. The number of fused-ring (bicyclic) bond motifs is 1. The van der Waals surface area contributed by atoms with Gasteiger partial charge in [-0.05, 0) is 79.0 Å². The lowest BCUT2D eigenvalue weighted by Gasteiger charge is -2.36. The van der Waals surface area contributed by atoms with Crippen molar-refractivity contribution in [2.45, 2.75) is 136 Å². The molecule has 0 spiro atoms. The summed E-state index contributed by atoms with van der Waals surface area (Å²) in [5, 5.41) is 0. The smallest absolute Gasteiger partial charge is 0.306 e. The zero-order valence-corrected chi connectivity index (χ0v) is 34.5. The van der Waals surface area contributed by atoms with Crippen LogP contribution < -0.4 is 19.1 Å². The second kappa shape index (κ2) is 20.5. The summed E-state index contributed by atoms with van der Waals surface area (Å²) in [6, 6.07) is 10.3. The van der Waals surface area contributed by atoms with E-state index in [0.29, 0.717) is 31.5 Å². The standard InChI is InChI=1S/C46H70N2O6/c1-7-8-9-10-11-12-13-14-15-16-24-48(33-46(2,3)4)45(50)39-20-19-38(51-5)30-41(39)47-25-21-34(22-26-47)32-54-42-29-37(28-36-23-27-53-44(36)42)40(35-17-18-35)31-43(49)52-6/h19-20,28-30,34-35,40H,7-18,21-27,31-33H2,1-6H3. The van der Waals surface area contributed by atoms with Crippen molar-refractivity contribution in [3.63, 3.8) is 0 Å².